The molecule has 0 amide bonds. The molecule has 0 saturated heterocycles. The minimum atomic E-state index is -0.0790. The molecule has 114 valence electrons. The second-order valence-electron chi connectivity index (χ2n) is 5.92. The fraction of sp³-hybridized carbons (Fsp3) is 0.938. The Labute approximate surface area is 119 Å². The van der Waals surface area contributed by atoms with Crippen molar-refractivity contribution in [3.63, 3.8) is 0 Å². The Hall–Kier alpha value is -0.570. The summed E-state index contributed by atoms with van der Waals surface area (Å²) in [6, 6.07) is 0. The summed E-state index contributed by atoms with van der Waals surface area (Å²) in [6.45, 7) is 7.68. The summed E-state index contributed by atoms with van der Waals surface area (Å²) in [5, 5.41) is 0. The van der Waals surface area contributed by atoms with E-state index in [-0.39, 0.29) is 11.9 Å². The van der Waals surface area contributed by atoms with Crippen LogP contribution < -0.4 is 5.73 Å². The molecule has 0 bridgehead atoms. The van der Waals surface area contributed by atoms with Gasteiger partial charge in [-0.1, -0.05) is 52.9 Å². The van der Waals surface area contributed by atoms with E-state index < -0.39 is 0 Å². The van der Waals surface area contributed by atoms with Gasteiger partial charge in [0.05, 0.1) is 6.61 Å². The van der Waals surface area contributed by atoms with Gasteiger partial charge in [0.25, 0.3) is 0 Å². The van der Waals surface area contributed by atoms with Crippen molar-refractivity contribution in [1.82, 2.24) is 0 Å². The summed E-state index contributed by atoms with van der Waals surface area (Å²) >= 11 is 0. The minimum Gasteiger partial charge on any atom is -0.466 e. The molecule has 0 aliphatic carbocycles. The Morgan fingerprint density at radius 2 is 1.74 bits per heavy atom. The third-order valence-electron chi connectivity index (χ3n) is 3.35. The van der Waals surface area contributed by atoms with Gasteiger partial charge in [0.15, 0.2) is 0 Å². The van der Waals surface area contributed by atoms with E-state index in [9.17, 15) is 4.79 Å². The number of esters is 1. The van der Waals surface area contributed by atoms with E-state index in [0.29, 0.717) is 25.5 Å². The average molecular weight is 271 g/mol. The lowest BCUT2D eigenvalue weighted by Crippen LogP contribution is -2.21. The van der Waals surface area contributed by atoms with Crippen molar-refractivity contribution in [2.24, 2.45) is 17.6 Å². The molecule has 0 aromatic heterocycles. The van der Waals surface area contributed by atoms with E-state index in [1.807, 2.05) is 0 Å². The van der Waals surface area contributed by atoms with Gasteiger partial charge in [0, 0.05) is 6.42 Å². The van der Waals surface area contributed by atoms with E-state index >= 15 is 0 Å². The molecule has 0 fully saturated rings. The summed E-state index contributed by atoms with van der Waals surface area (Å²) in [7, 11) is 0. The molecule has 19 heavy (non-hydrogen) atoms. The van der Waals surface area contributed by atoms with Crippen LogP contribution >= 0.6 is 0 Å². The summed E-state index contributed by atoms with van der Waals surface area (Å²) < 4.78 is 5.27. The van der Waals surface area contributed by atoms with Crippen molar-refractivity contribution < 1.29 is 9.53 Å². The van der Waals surface area contributed by atoms with Crippen LogP contribution in [0.25, 0.3) is 0 Å². The van der Waals surface area contributed by atoms with Gasteiger partial charge in [-0.05, 0) is 31.2 Å². The summed E-state index contributed by atoms with van der Waals surface area (Å²) in [6.07, 6.45) is 8.77. The SMILES string of the molecule is CCCCCCCCOC(=O)CC(CN)CC(C)C. The van der Waals surface area contributed by atoms with Gasteiger partial charge in [-0.15, -0.1) is 0 Å². The lowest BCUT2D eigenvalue weighted by Gasteiger charge is -2.16. The van der Waals surface area contributed by atoms with Crippen molar-refractivity contribution in [2.75, 3.05) is 13.2 Å². The van der Waals surface area contributed by atoms with Crippen molar-refractivity contribution in [1.29, 1.82) is 0 Å². The zero-order valence-electron chi connectivity index (χ0n) is 13.1. The highest BCUT2D eigenvalue weighted by Gasteiger charge is 2.14. The molecule has 0 aliphatic heterocycles. The second kappa shape index (κ2) is 12.5. The van der Waals surface area contributed by atoms with Gasteiger partial charge < -0.3 is 10.5 Å². The highest BCUT2D eigenvalue weighted by atomic mass is 16.5. The monoisotopic (exact) mass is 271 g/mol. The highest BCUT2D eigenvalue weighted by molar-refractivity contribution is 5.69. The number of carbonyl (C=O) groups is 1. The molecule has 0 heterocycles. The van der Waals surface area contributed by atoms with E-state index in [1.165, 1.54) is 32.1 Å². The predicted molar refractivity (Wildman–Crippen MR) is 81.0 cm³/mol. The zero-order valence-corrected chi connectivity index (χ0v) is 13.1. The predicted octanol–water partition coefficient (Wildman–Crippen LogP) is 3.90. The van der Waals surface area contributed by atoms with Crippen molar-refractivity contribution >= 4 is 5.97 Å². The lowest BCUT2D eigenvalue weighted by atomic mass is 9.94. The molecule has 0 rings (SSSR count). The van der Waals surface area contributed by atoms with E-state index in [2.05, 4.69) is 20.8 Å². The first-order valence-corrected chi connectivity index (χ1v) is 7.95. The molecule has 3 heteroatoms. The van der Waals surface area contributed by atoms with Crippen molar-refractivity contribution in [3.05, 3.63) is 0 Å². The van der Waals surface area contributed by atoms with Crippen LogP contribution in [0.5, 0.6) is 0 Å². The average Bonchev–Trinajstić information content (AvgIpc) is 2.36. The third kappa shape index (κ3) is 12.2. The van der Waals surface area contributed by atoms with Gasteiger partial charge >= 0.3 is 5.97 Å². The molecule has 0 spiro atoms. The topological polar surface area (TPSA) is 52.3 Å². The maximum Gasteiger partial charge on any atom is 0.306 e. The standard InChI is InChI=1S/C16H33NO2/c1-4-5-6-7-8-9-10-19-16(18)12-15(13-17)11-14(2)3/h14-15H,4-13,17H2,1-3H3. The first kappa shape index (κ1) is 18.4. The van der Waals surface area contributed by atoms with Crippen LogP contribution in [0.4, 0.5) is 0 Å². The number of hydrogen-bond donors (Lipinski definition) is 1. The molecular weight excluding hydrogens is 238 g/mol. The van der Waals surface area contributed by atoms with Gasteiger partial charge in [0.2, 0.25) is 0 Å². The summed E-state index contributed by atoms with van der Waals surface area (Å²) in [5.41, 5.74) is 5.68. The summed E-state index contributed by atoms with van der Waals surface area (Å²) in [5.74, 6) is 0.779. The molecule has 0 aromatic carbocycles. The minimum absolute atomic E-state index is 0.0790. The number of carbonyl (C=O) groups excluding carboxylic acids is 1. The number of rotatable bonds is 12. The van der Waals surface area contributed by atoms with Crippen LogP contribution in [-0.4, -0.2) is 19.1 Å². The van der Waals surface area contributed by atoms with Crippen molar-refractivity contribution in [3.8, 4) is 0 Å². The van der Waals surface area contributed by atoms with E-state index in [4.69, 9.17) is 10.5 Å². The Morgan fingerprint density at radius 1 is 1.11 bits per heavy atom. The van der Waals surface area contributed by atoms with Crippen LogP contribution in [0.15, 0.2) is 0 Å². The van der Waals surface area contributed by atoms with Gasteiger partial charge in [-0.25, -0.2) is 0 Å². The molecule has 3 nitrogen and oxygen atoms in total. The molecule has 0 saturated carbocycles. The fourth-order valence-corrected chi connectivity index (χ4v) is 2.29. The second-order valence-corrected chi connectivity index (χ2v) is 5.92. The molecular formula is C16H33NO2. The smallest absolute Gasteiger partial charge is 0.306 e. The van der Waals surface area contributed by atoms with Crippen LogP contribution in [-0.2, 0) is 9.53 Å². The Balaban J connectivity index is 3.52. The number of ether oxygens (including phenoxy) is 1. The van der Waals surface area contributed by atoms with Crippen LogP contribution in [0.1, 0.15) is 72.1 Å². The Kier molecular flexibility index (Phi) is 12.1. The molecule has 0 aliphatic rings. The van der Waals surface area contributed by atoms with Gasteiger partial charge in [-0.2, -0.15) is 0 Å². The zero-order chi connectivity index (χ0) is 14.5. The molecule has 0 aromatic rings. The molecule has 2 N–H and O–H groups in total. The maximum atomic E-state index is 11.7. The van der Waals surface area contributed by atoms with Gasteiger partial charge in [-0.3, -0.25) is 4.79 Å². The summed E-state index contributed by atoms with van der Waals surface area (Å²) in [4.78, 5) is 11.7. The number of hydrogen-bond acceptors (Lipinski definition) is 3. The molecule has 1 unspecified atom stereocenters. The van der Waals surface area contributed by atoms with E-state index in [1.54, 1.807) is 0 Å². The fourth-order valence-electron chi connectivity index (χ4n) is 2.29. The van der Waals surface area contributed by atoms with Gasteiger partial charge in [0.1, 0.15) is 0 Å². The molecule has 1 atom stereocenters. The molecule has 0 radical (unpaired) electrons. The first-order valence-electron chi connectivity index (χ1n) is 7.95. The maximum absolute atomic E-state index is 11.7. The quantitative estimate of drug-likeness (QED) is 0.432. The van der Waals surface area contributed by atoms with Crippen molar-refractivity contribution in [2.45, 2.75) is 72.1 Å². The normalized spacial score (nSPS) is 12.7. The third-order valence-corrected chi connectivity index (χ3v) is 3.35. The number of unbranched alkanes of at least 4 members (excludes halogenated alkanes) is 5. The van der Waals surface area contributed by atoms with Crippen LogP contribution in [0.3, 0.4) is 0 Å². The Bertz CT molecular complexity index is 217. The van der Waals surface area contributed by atoms with Crippen LogP contribution in [0.2, 0.25) is 0 Å². The number of nitrogens with two attached hydrogens (primary N) is 1. The lowest BCUT2D eigenvalue weighted by molar-refractivity contribution is -0.144. The first-order chi connectivity index (χ1) is 9.10. The van der Waals surface area contributed by atoms with Crippen LogP contribution in [0, 0.1) is 11.8 Å². The highest BCUT2D eigenvalue weighted by Crippen LogP contribution is 2.15. The Morgan fingerprint density at radius 3 is 2.32 bits per heavy atom. The largest absolute Gasteiger partial charge is 0.466 e. The van der Waals surface area contributed by atoms with E-state index in [0.717, 1.165) is 12.8 Å².